The number of methoxy groups -OCH3 is 1. The van der Waals surface area contributed by atoms with Crippen molar-refractivity contribution in [1.82, 2.24) is 20.3 Å². The van der Waals surface area contributed by atoms with E-state index in [0.29, 0.717) is 41.8 Å². The smallest absolute Gasteiger partial charge is 0.416 e. The molecule has 2 aromatic carbocycles. The molecule has 0 saturated carbocycles. The van der Waals surface area contributed by atoms with Crippen molar-refractivity contribution in [1.29, 1.82) is 0 Å². The number of hydrogen-bond acceptors (Lipinski definition) is 5. The first kappa shape index (κ1) is 28.7. The second-order valence-corrected chi connectivity index (χ2v) is 9.17. The summed E-state index contributed by atoms with van der Waals surface area (Å²) in [5.41, 5.74) is 1.08. The zero-order chi connectivity index (χ0) is 27.5. The first-order valence-electron chi connectivity index (χ1n) is 12.5. The number of nitrogens with one attached hydrogen (secondary N) is 1. The Kier molecular flexibility index (Phi) is 10.3. The molecular weight excluding hydrogens is 497 g/mol. The average Bonchev–Trinajstić information content (AvgIpc) is 3.37. The van der Waals surface area contributed by atoms with Gasteiger partial charge in [0.1, 0.15) is 12.3 Å². The fraction of sp³-hybridized carbons (Fsp3) is 0.393. The van der Waals surface area contributed by atoms with Gasteiger partial charge in [0.2, 0.25) is 5.91 Å². The van der Waals surface area contributed by atoms with E-state index in [1.54, 1.807) is 18.3 Å². The summed E-state index contributed by atoms with van der Waals surface area (Å²) in [5.74, 6) is 1.54. The Labute approximate surface area is 220 Å². The number of carbonyl (C=O) groups is 1. The van der Waals surface area contributed by atoms with Crippen LogP contribution in [0.1, 0.15) is 56.4 Å². The lowest BCUT2D eigenvalue weighted by Crippen LogP contribution is -2.22. The summed E-state index contributed by atoms with van der Waals surface area (Å²) in [4.78, 5) is 12.2. The molecule has 10 heteroatoms. The number of amides is 1. The second kappa shape index (κ2) is 13.6. The highest BCUT2D eigenvalue weighted by molar-refractivity contribution is 5.75. The van der Waals surface area contributed by atoms with Crippen LogP contribution in [0.25, 0.3) is 5.69 Å². The van der Waals surface area contributed by atoms with Crippen LogP contribution in [0, 0.1) is 5.92 Å². The van der Waals surface area contributed by atoms with Crippen LogP contribution in [0.15, 0.2) is 60.8 Å². The van der Waals surface area contributed by atoms with Crippen molar-refractivity contribution in [2.75, 3.05) is 7.11 Å². The van der Waals surface area contributed by atoms with Crippen LogP contribution in [0.4, 0.5) is 13.2 Å². The zero-order valence-electron chi connectivity index (χ0n) is 21.8. The molecule has 0 aliphatic rings. The summed E-state index contributed by atoms with van der Waals surface area (Å²) in [5, 5.41) is 10.9. The van der Waals surface area contributed by atoms with E-state index >= 15 is 0 Å². The Morgan fingerprint density at radius 3 is 2.55 bits per heavy atom. The van der Waals surface area contributed by atoms with Gasteiger partial charge >= 0.3 is 6.18 Å². The fourth-order valence-corrected chi connectivity index (χ4v) is 3.59. The maximum atomic E-state index is 12.8. The molecule has 7 nitrogen and oxygen atoms in total. The molecule has 0 atom stereocenters. The van der Waals surface area contributed by atoms with Gasteiger partial charge in [0.15, 0.2) is 11.5 Å². The summed E-state index contributed by atoms with van der Waals surface area (Å²) in [6, 6.07) is 10.0. The molecule has 204 valence electrons. The third-order valence-corrected chi connectivity index (χ3v) is 5.64. The Bertz CT molecular complexity index is 1200. The van der Waals surface area contributed by atoms with Crippen molar-refractivity contribution >= 4 is 5.91 Å². The van der Waals surface area contributed by atoms with E-state index in [-0.39, 0.29) is 12.5 Å². The third-order valence-electron chi connectivity index (χ3n) is 5.64. The standard InChI is InChI=1S/C28H33F3N4O3/c1-20(2)8-6-4-5-7-9-27(36)32-17-21-10-15-25(26(16-21)37-3)38-19-23-18-35(34-33-23)24-13-11-22(12-14-24)28(29,30)31/h6,8,10-16,18,20H,4-5,7,9,17,19H2,1-3H3,(H,32,36)/b8-6+. The number of carbonyl (C=O) groups excluding carboxylic acids is 1. The maximum absolute atomic E-state index is 12.8. The van der Waals surface area contributed by atoms with Crippen LogP contribution in [0.2, 0.25) is 0 Å². The molecule has 3 rings (SSSR count). The Morgan fingerprint density at radius 1 is 1.11 bits per heavy atom. The van der Waals surface area contributed by atoms with E-state index in [4.69, 9.17) is 9.47 Å². The minimum absolute atomic E-state index is 0.00765. The van der Waals surface area contributed by atoms with E-state index < -0.39 is 11.7 Å². The summed E-state index contributed by atoms with van der Waals surface area (Å²) in [6.07, 6.45) is 4.82. The zero-order valence-corrected chi connectivity index (χ0v) is 21.8. The summed E-state index contributed by atoms with van der Waals surface area (Å²) < 4.78 is 50.9. The lowest BCUT2D eigenvalue weighted by molar-refractivity contribution is -0.137. The molecule has 38 heavy (non-hydrogen) atoms. The molecule has 1 N–H and O–H groups in total. The number of halogens is 3. The molecule has 1 heterocycles. The molecule has 3 aromatic rings. The predicted molar refractivity (Wildman–Crippen MR) is 138 cm³/mol. The molecule has 1 aromatic heterocycles. The fourth-order valence-electron chi connectivity index (χ4n) is 3.59. The lowest BCUT2D eigenvalue weighted by atomic mass is 10.1. The number of ether oxygens (including phenoxy) is 2. The van der Waals surface area contributed by atoms with Crippen LogP contribution >= 0.6 is 0 Å². The molecule has 0 bridgehead atoms. The highest BCUT2D eigenvalue weighted by Gasteiger charge is 2.30. The first-order valence-corrected chi connectivity index (χ1v) is 12.5. The van der Waals surface area contributed by atoms with Gasteiger partial charge in [0, 0.05) is 13.0 Å². The van der Waals surface area contributed by atoms with Crippen molar-refractivity contribution in [2.45, 2.75) is 58.9 Å². The van der Waals surface area contributed by atoms with Crippen LogP contribution in [-0.2, 0) is 24.1 Å². The Morgan fingerprint density at radius 2 is 1.87 bits per heavy atom. The van der Waals surface area contributed by atoms with Gasteiger partial charge in [0.05, 0.1) is 24.6 Å². The van der Waals surface area contributed by atoms with E-state index in [0.717, 1.165) is 37.0 Å². The number of allylic oxidation sites excluding steroid dienone is 2. The normalized spacial score (nSPS) is 11.8. The summed E-state index contributed by atoms with van der Waals surface area (Å²) >= 11 is 0. The number of alkyl halides is 3. The quantitative estimate of drug-likeness (QED) is 0.208. The number of hydrogen-bond donors (Lipinski definition) is 1. The molecule has 1 amide bonds. The molecule has 0 saturated heterocycles. The third kappa shape index (κ3) is 8.93. The molecule has 0 aliphatic carbocycles. The predicted octanol–water partition coefficient (Wildman–Crippen LogP) is 6.26. The molecule has 0 radical (unpaired) electrons. The molecular formula is C28H33F3N4O3. The largest absolute Gasteiger partial charge is 0.493 e. The van der Waals surface area contributed by atoms with Crippen LogP contribution < -0.4 is 14.8 Å². The number of benzene rings is 2. The average molecular weight is 531 g/mol. The van der Waals surface area contributed by atoms with Gasteiger partial charge in [-0.05, 0) is 67.1 Å². The minimum Gasteiger partial charge on any atom is -0.493 e. The SMILES string of the molecule is COc1cc(CNC(=O)CCCC/C=C/C(C)C)ccc1OCc1cn(-c2ccc(C(F)(F)F)cc2)nn1. The maximum Gasteiger partial charge on any atom is 0.416 e. The van der Waals surface area contributed by atoms with Crippen LogP contribution in [0.3, 0.4) is 0 Å². The van der Waals surface area contributed by atoms with E-state index in [1.807, 2.05) is 6.07 Å². The molecule has 0 spiro atoms. The van der Waals surface area contributed by atoms with E-state index in [9.17, 15) is 18.0 Å². The van der Waals surface area contributed by atoms with Crippen molar-refractivity contribution in [3.63, 3.8) is 0 Å². The summed E-state index contributed by atoms with van der Waals surface area (Å²) in [6.45, 7) is 4.74. The van der Waals surface area contributed by atoms with E-state index in [1.165, 1.54) is 23.9 Å². The number of unbranched alkanes of at least 4 members (excludes halogenated alkanes) is 2. The van der Waals surface area contributed by atoms with Gasteiger partial charge in [-0.15, -0.1) is 5.10 Å². The number of aromatic nitrogens is 3. The topological polar surface area (TPSA) is 78.3 Å². The monoisotopic (exact) mass is 530 g/mol. The molecule has 0 unspecified atom stereocenters. The number of rotatable bonds is 13. The highest BCUT2D eigenvalue weighted by Crippen LogP contribution is 2.30. The highest BCUT2D eigenvalue weighted by atomic mass is 19.4. The van der Waals surface area contributed by atoms with Crippen molar-refractivity contribution < 1.29 is 27.4 Å². The van der Waals surface area contributed by atoms with Gasteiger partial charge in [0.25, 0.3) is 0 Å². The van der Waals surface area contributed by atoms with Crippen LogP contribution in [0.5, 0.6) is 11.5 Å². The van der Waals surface area contributed by atoms with Crippen molar-refractivity contribution in [3.8, 4) is 17.2 Å². The van der Waals surface area contributed by atoms with Gasteiger partial charge in [-0.25, -0.2) is 4.68 Å². The van der Waals surface area contributed by atoms with Crippen LogP contribution in [-0.4, -0.2) is 28.0 Å². The van der Waals surface area contributed by atoms with E-state index in [2.05, 4.69) is 41.6 Å². The van der Waals surface area contributed by atoms with Crippen molar-refractivity contribution in [3.05, 3.63) is 77.6 Å². The summed E-state index contributed by atoms with van der Waals surface area (Å²) in [7, 11) is 1.53. The minimum atomic E-state index is -4.40. The molecule has 0 aliphatic heterocycles. The number of nitrogens with zero attached hydrogens (tertiary/aromatic N) is 3. The van der Waals surface area contributed by atoms with Gasteiger partial charge in [-0.3, -0.25) is 4.79 Å². The van der Waals surface area contributed by atoms with Gasteiger partial charge in [-0.1, -0.05) is 37.3 Å². The Balaban J connectivity index is 1.48. The lowest BCUT2D eigenvalue weighted by Gasteiger charge is -2.12. The Hall–Kier alpha value is -3.82. The second-order valence-electron chi connectivity index (χ2n) is 9.17. The van der Waals surface area contributed by atoms with Gasteiger partial charge < -0.3 is 14.8 Å². The first-order chi connectivity index (χ1) is 18.2. The van der Waals surface area contributed by atoms with Gasteiger partial charge in [-0.2, -0.15) is 13.2 Å². The molecule has 0 fully saturated rings. The van der Waals surface area contributed by atoms with Crippen molar-refractivity contribution in [2.24, 2.45) is 5.92 Å².